The van der Waals surface area contributed by atoms with Crippen LogP contribution in [0.2, 0.25) is 0 Å². The van der Waals surface area contributed by atoms with E-state index in [0.717, 1.165) is 6.42 Å². The van der Waals surface area contributed by atoms with Gasteiger partial charge in [-0.1, -0.05) is 0 Å². The minimum atomic E-state index is -0.439. The van der Waals surface area contributed by atoms with Crippen LogP contribution in [0.3, 0.4) is 0 Å². The summed E-state index contributed by atoms with van der Waals surface area (Å²) in [6.45, 7) is 2.03. The summed E-state index contributed by atoms with van der Waals surface area (Å²) in [6, 6.07) is 6.81. The van der Waals surface area contributed by atoms with Crippen LogP contribution in [0.25, 0.3) is 0 Å². The number of nitrogens with one attached hydrogen (secondary N) is 1. The molecule has 0 fully saturated rings. The highest BCUT2D eigenvalue weighted by atomic mass is 32.1. The number of rotatable bonds is 5. The molecule has 0 aliphatic heterocycles. The summed E-state index contributed by atoms with van der Waals surface area (Å²) >= 11 is 1.66. The highest BCUT2D eigenvalue weighted by molar-refractivity contribution is 7.07. The van der Waals surface area contributed by atoms with Gasteiger partial charge in [0.15, 0.2) is 0 Å². The predicted octanol–water partition coefficient (Wildman–Crippen LogP) is 3.28. The van der Waals surface area contributed by atoms with Gasteiger partial charge in [0.25, 0.3) is 5.69 Å². The van der Waals surface area contributed by atoms with Gasteiger partial charge in [-0.05, 0) is 41.8 Å². The number of thiophene rings is 1. The maximum absolute atomic E-state index is 10.8. The van der Waals surface area contributed by atoms with Crippen LogP contribution in [0.15, 0.2) is 35.0 Å². The number of benzene rings is 1. The molecule has 0 aliphatic carbocycles. The Balaban J connectivity index is 2.08. The Hall–Kier alpha value is -2.08. The molecule has 0 spiro atoms. The van der Waals surface area contributed by atoms with E-state index in [9.17, 15) is 10.1 Å². The van der Waals surface area contributed by atoms with Crippen molar-refractivity contribution in [3.05, 3.63) is 50.7 Å². The van der Waals surface area contributed by atoms with Crippen LogP contribution < -0.4 is 11.1 Å². The Morgan fingerprint density at radius 2 is 2.26 bits per heavy atom. The molecule has 0 amide bonds. The van der Waals surface area contributed by atoms with Crippen molar-refractivity contribution in [2.75, 3.05) is 11.1 Å². The fourth-order valence-corrected chi connectivity index (χ4v) is 2.60. The molecule has 1 aromatic heterocycles. The Morgan fingerprint density at radius 1 is 1.47 bits per heavy atom. The van der Waals surface area contributed by atoms with E-state index in [1.165, 1.54) is 17.7 Å². The zero-order valence-corrected chi connectivity index (χ0v) is 11.3. The standard InChI is InChI=1S/C13H15N3O2S/c1-9(4-10-2-3-19-8-10)15-12-5-11(14)6-13(7-12)16(17)18/h2-3,5-9,15H,4,14H2,1H3. The Kier molecular flexibility index (Phi) is 4.01. The van der Waals surface area contributed by atoms with Gasteiger partial charge >= 0.3 is 0 Å². The average molecular weight is 277 g/mol. The molecular formula is C13H15N3O2S. The molecule has 0 saturated carbocycles. The third kappa shape index (κ3) is 3.69. The van der Waals surface area contributed by atoms with Gasteiger partial charge in [-0.3, -0.25) is 10.1 Å². The molecule has 1 unspecified atom stereocenters. The van der Waals surface area contributed by atoms with Crippen molar-refractivity contribution >= 4 is 28.4 Å². The number of nitro groups is 1. The summed E-state index contributed by atoms with van der Waals surface area (Å²) in [7, 11) is 0. The van der Waals surface area contributed by atoms with Crippen molar-refractivity contribution in [2.45, 2.75) is 19.4 Å². The van der Waals surface area contributed by atoms with Gasteiger partial charge in [-0.15, -0.1) is 0 Å². The summed E-state index contributed by atoms with van der Waals surface area (Å²) in [4.78, 5) is 10.3. The molecule has 1 heterocycles. The summed E-state index contributed by atoms with van der Waals surface area (Å²) in [6.07, 6.45) is 0.867. The molecule has 0 saturated heterocycles. The third-order valence-corrected chi connectivity index (χ3v) is 3.42. The zero-order valence-electron chi connectivity index (χ0n) is 10.5. The topological polar surface area (TPSA) is 81.2 Å². The first-order chi connectivity index (χ1) is 9.04. The molecule has 0 radical (unpaired) electrons. The molecule has 3 N–H and O–H groups in total. The average Bonchev–Trinajstić information content (AvgIpc) is 2.80. The van der Waals surface area contributed by atoms with Crippen LogP contribution in [0.4, 0.5) is 17.1 Å². The fourth-order valence-electron chi connectivity index (χ4n) is 1.92. The second kappa shape index (κ2) is 5.71. The van der Waals surface area contributed by atoms with E-state index in [2.05, 4.69) is 16.8 Å². The van der Waals surface area contributed by atoms with Crippen LogP contribution in [-0.4, -0.2) is 11.0 Å². The fraction of sp³-hybridized carbons (Fsp3) is 0.231. The molecule has 5 nitrogen and oxygen atoms in total. The normalized spacial score (nSPS) is 12.1. The molecule has 100 valence electrons. The number of hydrogen-bond acceptors (Lipinski definition) is 5. The predicted molar refractivity (Wildman–Crippen MR) is 78.6 cm³/mol. The van der Waals surface area contributed by atoms with Crippen molar-refractivity contribution in [1.29, 1.82) is 0 Å². The van der Waals surface area contributed by atoms with E-state index in [1.54, 1.807) is 17.4 Å². The van der Waals surface area contributed by atoms with Gasteiger partial charge in [-0.2, -0.15) is 11.3 Å². The van der Waals surface area contributed by atoms with Crippen molar-refractivity contribution in [3.63, 3.8) is 0 Å². The molecule has 2 rings (SSSR count). The molecule has 19 heavy (non-hydrogen) atoms. The van der Waals surface area contributed by atoms with Gasteiger partial charge < -0.3 is 11.1 Å². The Labute approximate surface area is 115 Å². The first kappa shape index (κ1) is 13.4. The number of non-ortho nitro benzene ring substituents is 1. The number of hydrogen-bond donors (Lipinski definition) is 2. The monoisotopic (exact) mass is 277 g/mol. The molecule has 1 aromatic carbocycles. The van der Waals surface area contributed by atoms with Crippen molar-refractivity contribution < 1.29 is 4.92 Å². The highest BCUT2D eigenvalue weighted by Crippen LogP contribution is 2.23. The maximum atomic E-state index is 10.8. The Bertz CT molecular complexity index is 569. The van der Waals surface area contributed by atoms with E-state index in [-0.39, 0.29) is 11.7 Å². The molecule has 2 aromatic rings. The van der Waals surface area contributed by atoms with E-state index < -0.39 is 4.92 Å². The van der Waals surface area contributed by atoms with Crippen molar-refractivity contribution in [1.82, 2.24) is 0 Å². The highest BCUT2D eigenvalue weighted by Gasteiger charge is 2.10. The quantitative estimate of drug-likeness (QED) is 0.499. The summed E-state index contributed by atoms with van der Waals surface area (Å²) < 4.78 is 0. The number of nitrogen functional groups attached to an aromatic ring is 1. The first-order valence-electron chi connectivity index (χ1n) is 5.87. The maximum Gasteiger partial charge on any atom is 0.273 e. The largest absolute Gasteiger partial charge is 0.398 e. The van der Waals surface area contributed by atoms with E-state index in [0.29, 0.717) is 11.4 Å². The summed E-state index contributed by atoms with van der Waals surface area (Å²) in [5.74, 6) is 0. The van der Waals surface area contributed by atoms with E-state index in [1.807, 2.05) is 12.3 Å². The van der Waals surface area contributed by atoms with Crippen molar-refractivity contribution in [2.24, 2.45) is 0 Å². The number of anilines is 2. The van der Waals surface area contributed by atoms with E-state index in [4.69, 9.17) is 5.73 Å². The number of nitro benzene ring substituents is 1. The molecular weight excluding hydrogens is 262 g/mol. The van der Waals surface area contributed by atoms with Gasteiger partial charge in [0.05, 0.1) is 4.92 Å². The zero-order chi connectivity index (χ0) is 13.8. The van der Waals surface area contributed by atoms with Crippen LogP contribution in [0.1, 0.15) is 12.5 Å². The lowest BCUT2D eigenvalue weighted by molar-refractivity contribution is -0.384. The smallest absolute Gasteiger partial charge is 0.273 e. The van der Waals surface area contributed by atoms with Gasteiger partial charge in [0, 0.05) is 29.5 Å². The summed E-state index contributed by atoms with van der Waals surface area (Å²) in [5, 5.41) is 18.1. The van der Waals surface area contributed by atoms with Crippen LogP contribution >= 0.6 is 11.3 Å². The molecule has 6 heteroatoms. The van der Waals surface area contributed by atoms with Gasteiger partial charge in [0.2, 0.25) is 0 Å². The van der Waals surface area contributed by atoms with Crippen LogP contribution in [0, 0.1) is 10.1 Å². The lowest BCUT2D eigenvalue weighted by atomic mass is 10.1. The van der Waals surface area contributed by atoms with E-state index >= 15 is 0 Å². The van der Waals surface area contributed by atoms with Gasteiger partial charge in [-0.25, -0.2) is 0 Å². The SMILES string of the molecule is CC(Cc1ccsc1)Nc1cc(N)cc([N+](=O)[O-])c1. The molecule has 0 bridgehead atoms. The number of nitrogens with two attached hydrogens (primary N) is 1. The van der Waals surface area contributed by atoms with Gasteiger partial charge in [0.1, 0.15) is 0 Å². The molecule has 0 aliphatic rings. The third-order valence-electron chi connectivity index (χ3n) is 2.69. The first-order valence-corrected chi connectivity index (χ1v) is 6.81. The number of nitrogens with zero attached hydrogens (tertiary/aromatic N) is 1. The van der Waals surface area contributed by atoms with Crippen LogP contribution in [0.5, 0.6) is 0 Å². The second-order valence-electron chi connectivity index (χ2n) is 4.45. The molecule has 1 atom stereocenters. The lowest BCUT2D eigenvalue weighted by Gasteiger charge is -2.14. The summed E-state index contributed by atoms with van der Waals surface area (Å²) in [5.41, 5.74) is 7.99. The van der Waals surface area contributed by atoms with Crippen molar-refractivity contribution in [3.8, 4) is 0 Å². The second-order valence-corrected chi connectivity index (χ2v) is 5.23. The minimum absolute atomic E-state index is 0.00485. The van der Waals surface area contributed by atoms with Crippen LogP contribution in [-0.2, 0) is 6.42 Å². The lowest BCUT2D eigenvalue weighted by Crippen LogP contribution is -2.17. The minimum Gasteiger partial charge on any atom is -0.398 e. The Morgan fingerprint density at radius 3 is 2.89 bits per heavy atom.